The van der Waals surface area contributed by atoms with E-state index in [-0.39, 0.29) is 6.04 Å². The van der Waals surface area contributed by atoms with E-state index in [2.05, 4.69) is 29.7 Å². The largest absolute Gasteiger partial charge is 0.497 e. The van der Waals surface area contributed by atoms with Gasteiger partial charge in [0.1, 0.15) is 5.75 Å². The van der Waals surface area contributed by atoms with Gasteiger partial charge in [-0.2, -0.15) is 0 Å². The highest BCUT2D eigenvalue weighted by Gasteiger charge is 2.07. The second-order valence-electron chi connectivity index (χ2n) is 4.30. The van der Waals surface area contributed by atoms with Crippen LogP contribution in [0.1, 0.15) is 12.6 Å². The molecule has 2 rings (SSSR count). The zero-order valence-corrected chi connectivity index (χ0v) is 10.0. The first-order valence-corrected chi connectivity index (χ1v) is 5.51. The van der Waals surface area contributed by atoms with Gasteiger partial charge in [0.25, 0.3) is 0 Å². The molecule has 0 aliphatic carbocycles. The normalized spacial score (nSPS) is 13.0. The fourth-order valence-corrected chi connectivity index (χ4v) is 2.04. The van der Waals surface area contributed by atoms with Crippen LogP contribution in [0.15, 0.2) is 24.3 Å². The van der Waals surface area contributed by atoms with Crippen LogP contribution in [0.3, 0.4) is 0 Å². The van der Waals surface area contributed by atoms with E-state index >= 15 is 0 Å². The van der Waals surface area contributed by atoms with Crippen LogP contribution in [-0.4, -0.2) is 17.7 Å². The van der Waals surface area contributed by atoms with Crippen LogP contribution in [-0.2, 0) is 6.54 Å². The van der Waals surface area contributed by atoms with Gasteiger partial charge in [-0.3, -0.25) is 0 Å². The number of aromatic nitrogens is 1. The molecule has 0 fully saturated rings. The molecule has 0 bridgehead atoms. The van der Waals surface area contributed by atoms with E-state index in [1.54, 1.807) is 7.11 Å². The van der Waals surface area contributed by atoms with Crippen molar-refractivity contribution >= 4 is 10.9 Å². The first-order valence-electron chi connectivity index (χ1n) is 5.51. The molecule has 1 aromatic carbocycles. The van der Waals surface area contributed by atoms with E-state index in [4.69, 9.17) is 10.5 Å². The third-order valence-electron chi connectivity index (χ3n) is 2.79. The molecule has 0 unspecified atom stereocenters. The summed E-state index contributed by atoms with van der Waals surface area (Å²) in [6, 6.07) is 8.46. The molecule has 3 heteroatoms. The molecule has 0 aliphatic heterocycles. The van der Waals surface area contributed by atoms with Crippen molar-refractivity contribution < 1.29 is 4.74 Å². The molecule has 86 valence electrons. The molecule has 0 spiro atoms. The van der Waals surface area contributed by atoms with Gasteiger partial charge >= 0.3 is 0 Å². The molecule has 1 atom stereocenters. The Morgan fingerprint density at radius 2 is 2.12 bits per heavy atom. The number of nitrogens with two attached hydrogens (primary N) is 1. The maximum absolute atomic E-state index is 5.85. The zero-order chi connectivity index (χ0) is 11.7. The average Bonchev–Trinajstić information content (AvgIpc) is 2.54. The molecule has 0 saturated heterocycles. The predicted molar refractivity (Wildman–Crippen MR) is 66.9 cm³/mol. The zero-order valence-electron chi connectivity index (χ0n) is 10.0. The second-order valence-corrected chi connectivity index (χ2v) is 4.30. The van der Waals surface area contributed by atoms with E-state index in [1.807, 2.05) is 13.0 Å². The summed E-state index contributed by atoms with van der Waals surface area (Å²) in [5.74, 6) is 0.894. The number of fused-ring (bicyclic) bond motifs is 1. The maximum atomic E-state index is 5.85. The fraction of sp³-hybridized carbons (Fsp3) is 0.385. The van der Waals surface area contributed by atoms with Crippen molar-refractivity contribution in [2.75, 3.05) is 7.11 Å². The molecule has 3 nitrogen and oxygen atoms in total. The summed E-state index contributed by atoms with van der Waals surface area (Å²) in [5.41, 5.74) is 8.31. The Kier molecular flexibility index (Phi) is 2.88. The van der Waals surface area contributed by atoms with Crippen molar-refractivity contribution in [2.24, 2.45) is 5.73 Å². The summed E-state index contributed by atoms with van der Waals surface area (Å²) in [7, 11) is 1.69. The third kappa shape index (κ3) is 1.91. The van der Waals surface area contributed by atoms with Gasteiger partial charge in [0.05, 0.1) is 7.11 Å². The summed E-state index contributed by atoms with van der Waals surface area (Å²) in [6.45, 7) is 4.98. The highest BCUT2D eigenvalue weighted by Crippen LogP contribution is 2.24. The molecule has 0 radical (unpaired) electrons. The Hall–Kier alpha value is -1.48. The predicted octanol–water partition coefficient (Wildman–Crippen LogP) is 2.31. The average molecular weight is 218 g/mol. The topological polar surface area (TPSA) is 40.2 Å². The van der Waals surface area contributed by atoms with Crippen molar-refractivity contribution in [3.63, 3.8) is 0 Å². The van der Waals surface area contributed by atoms with E-state index in [9.17, 15) is 0 Å². The minimum atomic E-state index is 0.163. The number of methoxy groups -OCH3 is 1. The Labute approximate surface area is 95.8 Å². The van der Waals surface area contributed by atoms with Gasteiger partial charge in [0.2, 0.25) is 0 Å². The van der Waals surface area contributed by atoms with E-state index in [0.29, 0.717) is 0 Å². The Bertz CT molecular complexity index is 500. The summed E-state index contributed by atoms with van der Waals surface area (Å²) < 4.78 is 7.47. The minimum absolute atomic E-state index is 0.163. The molecular weight excluding hydrogens is 200 g/mol. The van der Waals surface area contributed by atoms with Crippen LogP contribution >= 0.6 is 0 Å². The molecule has 0 aliphatic rings. The molecule has 0 amide bonds. The van der Waals surface area contributed by atoms with Gasteiger partial charge in [0.15, 0.2) is 0 Å². The SMILES string of the molecule is COc1ccc2c(c1)cc(C)n2C[C@H](C)N. The number of hydrogen-bond acceptors (Lipinski definition) is 2. The highest BCUT2D eigenvalue weighted by molar-refractivity contribution is 5.82. The Balaban J connectivity index is 2.53. The van der Waals surface area contributed by atoms with Crippen LogP contribution in [0.25, 0.3) is 10.9 Å². The van der Waals surface area contributed by atoms with Gasteiger partial charge < -0.3 is 15.0 Å². The van der Waals surface area contributed by atoms with Gasteiger partial charge in [0, 0.05) is 29.2 Å². The Morgan fingerprint density at radius 3 is 2.75 bits per heavy atom. The molecule has 0 saturated carbocycles. The molecular formula is C13H18N2O. The lowest BCUT2D eigenvalue weighted by atomic mass is 10.2. The number of hydrogen-bond donors (Lipinski definition) is 1. The highest BCUT2D eigenvalue weighted by atomic mass is 16.5. The minimum Gasteiger partial charge on any atom is -0.497 e. The van der Waals surface area contributed by atoms with Crippen molar-refractivity contribution in [1.82, 2.24) is 4.57 Å². The third-order valence-corrected chi connectivity index (χ3v) is 2.79. The van der Waals surface area contributed by atoms with Crippen molar-refractivity contribution in [1.29, 1.82) is 0 Å². The standard InChI is InChI=1S/C13H18N2O/c1-9(14)8-15-10(2)6-11-7-12(16-3)4-5-13(11)15/h4-7,9H,8,14H2,1-3H3/t9-/m0/s1. The van der Waals surface area contributed by atoms with Gasteiger partial charge in [-0.25, -0.2) is 0 Å². The van der Waals surface area contributed by atoms with Crippen LogP contribution in [0, 0.1) is 6.92 Å². The molecule has 16 heavy (non-hydrogen) atoms. The van der Waals surface area contributed by atoms with Crippen molar-refractivity contribution in [2.45, 2.75) is 26.4 Å². The molecule has 1 aromatic heterocycles. The van der Waals surface area contributed by atoms with Crippen LogP contribution in [0.2, 0.25) is 0 Å². The van der Waals surface area contributed by atoms with Crippen molar-refractivity contribution in [3.8, 4) is 5.75 Å². The van der Waals surface area contributed by atoms with Gasteiger partial charge in [-0.1, -0.05) is 0 Å². The number of aryl methyl sites for hydroxylation is 1. The summed E-state index contributed by atoms with van der Waals surface area (Å²) in [6.07, 6.45) is 0. The smallest absolute Gasteiger partial charge is 0.119 e. The second kappa shape index (κ2) is 4.18. The molecule has 2 N–H and O–H groups in total. The van der Waals surface area contributed by atoms with E-state index < -0.39 is 0 Å². The van der Waals surface area contributed by atoms with E-state index in [1.165, 1.54) is 16.6 Å². The fourth-order valence-electron chi connectivity index (χ4n) is 2.04. The first-order chi connectivity index (χ1) is 7.61. The van der Waals surface area contributed by atoms with Gasteiger partial charge in [-0.15, -0.1) is 0 Å². The molecule has 1 heterocycles. The Morgan fingerprint density at radius 1 is 1.38 bits per heavy atom. The van der Waals surface area contributed by atoms with Crippen molar-refractivity contribution in [3.05, 3.63) is 30.0 Å². The van der Waals surface area contributed by atoms with Crippen LogP contribution in [0.5, 0.6) is 5.75 Å². The van der Waals surface area contributed by atoms with Crippen LogP contribution in [0.4, 0.5) is 0 Å². The number of rotatable bonds is 3. The first kappa shape index (κ1) is 11.0. The monoisotopic (exact) mass is 218 g/mol. The van der Waals surface area contributed by atoms with Crippen LogP contribution < -0.4 is 10.5 Å². The summed E-state index contributed by atoms with van der Waals surface area (Å²) in [5, 5.41) is 1.21. The number of nitrogens with zero attached hydrogens (tertiary/aromatic N) is 1. The maximum Gasteiger partial charge on any atom is 0.119 e. The lowest BCUT2D eigenvalue weighted by Gasteiger charge is -2.11. The lowest BCUT2D eigenvalue weighted by Crippen LogP contribution is -2.22. The number of benzene rings is 1. The summed E-state index contributed by atoms with van der Waals surface area (Å²) in [4.78, 5) is 0. The van der Waals surface area contributed by atoms with E-state index in [0.717, 1.165) is 12.3 Å². The lowest BCUT2D eigenvalue weighted by molar-refractivity contribution is 0.415. The van der Waals surface area contributed by atoms with Gasteiger partial charge in [-0.05, 0) is 38.1 Å². The quantitative estimate of drug-likeness (QED) is 0.858. The summed E-state index contributed by atoms with van der Waals surface area (Å²) >= 11 is 0. The molecule has 2 aromatic rings. The number of ether oxygens (including phenoxy) is 1.